The predicted octanol–water partition coefficient (Wildman–Crippen LogP) is 3.87. The van der Waals surface area contributed by atoms with Gasteiger partial charge in [0.2, 0.25) is 6.79 Å². The summed E-state index contributed by atoms with van der Waals surface area (Å²) < 4.78 is 10.9. The monoisotopic (exact) mass is 309 g/mol. The molecule has 2 aliphatic rings. The molecule has 0 amide bonds. The fraction of sp³-hybridized carbons (Fsp3) is 0.400. The highest BCUT2D eigenvalue weighted by molar-refractivity contribution is 5.44. The van der Waals surface area contributed by atoms with Crippen LogP contribution in [0.3, 0.4) is 0 Å². The number of hydrogen-bond acceptors (Lipinski definition) is 3. The van der Waals surface area contributed by atoms with Crippen molar-refractivity contribution in [3.63, 3.8) is 0 Å². The first-order valence-corrected chi connectivity index (χ1v) is 8.51. The van der Waals surface area contributed by atoms with E-state index >= 15 is 0 Å². The summed E-state index contributed by atoms with van der Waals surface area (Å²) in [5, 5.41) is 0. The number of hydrogen-bond donors (Lipinski definition) is 0. The number of benzene rings is 2. The van der Waals surface area contributed by atoms with Crippen molar-refractivity contribution < 1.29 is 9.47 Å². The fourth-order valence-electron chi connectivity index (χ4n) is 3.70. The largest absolute Gasteiger partial charge is 0.454 e. The Kier molecular flexibility index (Phi) is 4.20. The predicted molar refractivity (Wildman–Crippen MR) is 90.7 cm³/mol. The molecule has 1 saturated heterocycles. The molecule has 0 aliphatic carbocycles. The van der Waals surface area contributed by atoms with Crippen molar-refractivity contribution in [1.82, 2.24) is 4.90 Å². The van der Waals surface area contributed by atoms with Crippen LogP contribution in [0.4, 0.5) is 0 Å². The van der Waals surface area contributed by atoms with E-state index in [1.807, 2.05) is 6.07 Å². The van der Waals surface area contributed by atoms with Crippen LogP contribution in [-0.2, 0) is 13.0 Å². The van der Waals surface area contributed by atoms with E-state index in [0.717, 1.165) is 30.4 Å². The molecule has 0 spiro atoms. The molecule has 1 atom stereocenters. The summed E-state index contributed by atoms with van der Waals surface area (Å²) in [4.78, 5) is 2.59. The van der Waals surface area contributed by atoms with Crippen LogP contribution < -0.4 is 9.47 Å². The minimum atomic E-state index is 0.354. The highest BCUT2D eigenvalue weighted by atomic mass is 16.7. The van der Waals surface area contributed by atoms with Gasteiger partial charge in [-0.15, -0.1) is 0 Å². The number of ether oxygens (including phenoxy) is 2. The second-order valence-corrected chi connectivity index (χ2v) is 6.62. The van der Waals surface area contributed by atoms with Crippen molar-refractivity contribution in [2.45, 2.75) is 25.8 Å². The third-order valence-corrected chi connectivity index (χ3v) is 4.81. The van der Waals surface area contributed by atoms with E-state index in [2.05, 4.69) is 47.4 Å². The Morgan fingerprint density at radius 1 is 0.957 bits per heavy atom. The van der Waals surface area contributed by atoms with Gasteiger partial charge in [-0.1, -0.05) is 36.4 Å². The molecule has 0 saturated carbocycles. The first-order valence-electron chi connectivity index (χ1n) is 8.51. The smallest absolute Gasteiger partial charge is 0.231 e. The van der Waals surface area contributed by atoms with Crippen LogP contribution in [0.1, 0.15) is 24.0 Å². The molecule has 4 rings (SSSR count). The Morgan fingerprint density at radius 2 is 1.83 bits per heavy atom. The molecular weight excluding hydrogens is 286 g/mol. The van der Waals surface area contributed by atoms with Crippen molar-refractivity contribution in [2.75, 3.05) is 19.9 Å². The van der Waals surface area contributed by atoms with Crippen molar-refractivity contribution >= 4 is 0 Å². The molecule has 2 aromatic rings. The maximum Gasteiger partial charge on any atom is 0.231 e. The summed E-state index contributed by atoms with van der Waals surface area (Å²) in [7, 11) is 0. The fourth-order valence-corrected chi connectivity index (χ4v) is 3.70. The van der Waals surface area contributed by atoms with Gasteiger partial charge in [0.1, 0.15) is 0 Å². The minimum absolute atomic E-state index is 0.354. The van der Waals surface area contributed by atoms with E-state index in [-0.39, 0.29) is 0 Å². The Labute approximate surface area is 137 Å². The van der Waals surface area contributed by atoms with Gasteiger partial charge >= 0.3 is 0 Å². The first kappa shape index (κ1) is 14.6. The summed E-state index contributed by atoms with van der Waals surface area (Å²) in [5.74, 6) is 2.51. The summed E-state index contributed by atoms with van der Waals surface area (Å²) >= 11 is 0. The Balaban J connectivity index is 1.37. The Bertz CT molecular complexity index is 656. The summed E-state index contributed by atoms with van der Waals surface area (Å²) in [6, 6.07) is 17.2. The van der Waals surface area contributed by atoms with Crippen molar-refractivity contribution in [1.29, 1.82) is 0 Å². The maximum absolute atomic E-state index is 5.50. The van der Waals surface area contributed by atoms with Gasteiger partial charge in [0.05, 0.1) is 0 Å². The van der Waals surface area contributed by atoms with E-state index < -0.39 is 0 Å². The number of nitrogens with zero attached hydrogens (tertiary/aromatic N) is 1. The highest BCUT2D eigenvalue weighted by Gasteiger charge is 2.21. The van der Waals surface area contributed by atoms with Crippen LogP contribution in [0.5, 0.6) is 11.5 Å². The zero-order valence-electron chi connectivity index (χ0n) is 13.4. The highest BCUT2D eigenvalue weighted by Crippen LogP contribution is 2.33. The van der Waals surface area contributed by atoms with E-state index in [9.17, 15) is 0 Å². The van der Waals surface area contributed by atoms with Crippen LogP contribution in [0, 0.1) is 5.92 Å². The molecule has 2 heterocycles. The van der Waals surface area contributed by atoms with E-state index in [4.69, 9.17) is 9.47 Å². The summed E-state index contributed by atoms with van der Waals surface area (Å²) in [6.45, 7) is 3.82. The van der Waals surface area contributed by atoms with Gasteiger partial charge < -0.3 is 9.47 Å². The van der Waals surface area contributed by atoms with Crippen LogP contribution in [0.2, 0.25) is 0 Å². The average molecular weight is 309 g/mol. The van der Waals surface area contributed by atoms with E-state index in [0.29, 0.717) is 6.79 Å². The van der Waals surface area contributed by atoms with Gasteiger partial charge in [-0.25, -0.2) is 0 Å². The van der Waals surface area contributed by atoms with Crippen LogP contribution in [0.25, 0.3) is 0 Å². The molecule has 0 radical (unpaired) electrons. The van der Waals surface area contributed by atoms with Crippen LogP contribution >= 0.6 is 0 Å². The second-order valence-electron chi connectivity index (χ2n) is 6.62. The van der Waals surface area contributed by atoms with Crippen LogP contribution in [0.15, 0.2) is 48.5 Å². The van der Waals surface area contributed by atoms with Gasteiger partial charge in [0, 0.05) is 13.1 Å². The van der Waals surface area contributed by atoms with Gasteiger partial charge in [-0.3, -0.25) is 4.90 Å². The SMILES string of the molecule is c1ccc(CN2CCCC(Cc3ccc4c(c3)OCO4)C2)cc1. The second kappa shape index (κ2) is 6.63. The molecule has 3 heteroatoms. The molecule has 0 aromatic heterocycles. The third-order valence-electron chi connectivity index (χ3n) is 4.81. The number of likely N-dealkylation sites (tertiary alicyclic amines) is 1. The van der Waals surface area contributed by atoms with Gasteiger partial charge in [-0.2, -0.15) is 0 Å². The van der Waals surface area contributed by atoms with Gasteiger partial charge in [-0.05, 0) is 55.0 Å². The lowest BCUT2D eigenvalue weighted by Gasteiger charge is -2.33. The third kappa shape index (κ3) is 3.50. The van der Waals surface area contributed by atoms with E-state index in [1.54, 1.807) is 0 Å². The Morgan fingerprint density at radius 3 is 2.74 bits per heavy atom. The van der Waals surface area contributed by atoms with Crippen molar-refractivity contribution in [3.05, 3.63) is 59.7 Å². The van der Waals surface area contributed by atoms with Gasteiger partial charge in [0.25, 0.3) is 0 Å². The molecule has 2 aromatic carbocycles. The standard InChI is InChI=1S/C20H23NO2/c1-2-5-16(6-3-1)13-21-10-4-7-18(14-21)11-17-8-9-19-20(12-17)23-15-22-19/h1-3,5-6,8-9,12,18H,4,7,10-11,13-15H2. The summed E-state index contributed by atoms with van der Waals surface area (Å²) in [6.07, 6.45) is 3.74. The quantitative estimate of drug-likeness (QED) is 0.856. The molecule has 3 nitrogen and oxygen atoms in total. The lowest BCUT2D eigenvalue weighted by atomic mass is 9.91. The molecule has 23 heavy (non-hydrogen) atoms. The summed E-state index contributed by atoms with van der Waals surface area (Å²) in [5.41, 5.74) is 2.78. The Hall–Kier alpha value is -2.00. The molecule has 2 aliphatic heterocycles. The topological polar surface area (TPSA) is 21.7 Å². The molecular formula is C20H23NO2. The van der Waals surface area contributed by atoms with Gasteiger partial charge in [0.15, 0.2) is 11.5 Å². The zero-order valence-corrected chi connectivity index (χ0v) is 13.4. The number of fused-ring (bicyclic) bond motifs is 1. The van der Waals surface area contributed by atoms with Crippen molar-refractivity contribution in [3.8, 4) is 11.5 Å². The normalized spacial score (nSPS) is 20.6. The molecule has 0 bridgehead atoms. The maximum atomic E-state index is 5.50. The first-order chi connectivity index (χ1) is 11.4. The number of piperidine rings is 1. The molecule has 120 valence electrons. The number of rotatable bonds is 4. The van der Waals surface area contributed by atoms with E-state index in [1.165, 1.54) is 37.1 Å². The lowest BCUT2D eigenvalue weighted by molar-refractivity contribution is 0.167. The minimum Gasteiger partial charge on any atom is -0.454 e. The zero-order chi connectivity index (χ0) is 15.5. The van der Waals surface area contributed by atoms with Crippen LogP contribution in [-0.4, -0.2) is 24.8 Å². The lowest BCUT2D eigenvalue weighted by Crippen LogP contribution is -2.35. The average Bonchev–Trinajstić information content (AvgIpc) is 3.04. The van der Waals surface area contributed by atoms with Crippen molar-refractivity contribution in [2.24, 2.45) is 5.92 Å². The molecule has 0 N–H and O–H groups in total. The molecule has 1 unspecified atom stereocenters. The molecule has 1 fully saturated rings.